The summed E-state index contributed by atoms with van der Waals surface area (Å²) in [6, 6.07) is 27.3. The summed E-state index contributed by atoms with van der Waals surface area (Å²) >= 11 is 0. The first kappa shape index (κ1) is 17.8. The van der Waals surface area contributed by atoms with Gasteiger partial charge in [-0.2, -0.15) is 0 Å². The molecule has 0 amide bonds. The van der Waals surface area contributed by atoms with E-state index in [2.05, 4.69) is 90.5 Å². The molecular formula is C28H20N2O. The fourth-order valence-corrected chi connectivity index (χ4v) is 4.65. The van der Waals surface area contributed by atoms with Crippen LogP contribution in [0.1, 0.15) is 11.1 Å². The normalized spacial score (nSPS) is 11.8. The summed E-state index contributed by atoms with van der Waals surface area (Å²) in [5.41, 5.74) is 8.61. The van der Waals surface area contributed by atoms with Crippen LogP contribution in [0.15, 0.2) is 85.2 Å². The molecule has 0 saturated heterocycles. The summed E-state index contributed by atoms with van der Waals surface area (Å²) < 4.78 is 6.47. The Kier molecular flexibility index (Phi) is 3.90. The maximum absolute atomic E-state index is 6.47. The Morgan fingerprint density at radius 1 is 0.645 bits per heavy atom. The Morgan fingerprint density at radius 3 is 2.13 bits per heavy atom. The van der Waals surface area contributed by atoms with Crippen molar-refractivity contribution in [2.24, 2.45) is 0 Å². The quantitative estimate of drug-likeness (QED) is 0.305. The lowest BCUT2D eigenvalue weighted by Gasteiger charge is -2.23. The largest absolute Gasteiger partial charge is 0.455 e. The first-order valence-electron chi connectivity index (χ1n) is 10.4. The first-order chi connectivity index (χ1) is 15.2. The molecule has 5 aromatic rings. The number of fused-ring (bicyclic) bond motifs is 2. The average Bonchev–Trinajstić information content (AvgIpc) is 2.79. The molecule has 0 radical (unpaired) electrons. The van der Waals surface area contributed by atoms with E-state index in [1.54, 1.807) is 6.33 Å². The number of benzene rings is 4. The van der Waals surface area contributed by atoms with Crippen LogP contribution in [-0.2, 0) is 0 Å². The Labute approximate surface area is 181 Å². The number of hydrogen-bond acceptors (Lipinski definition) is 3. The number of ether oxygens (including phenoxy) is 1. The van der Waals surface area contributed by atoms with Crippen molar-refractivity contribution >= 4 is 10.8 Å². The Hall–Kier alpha value is -3.98. The van der Waals surface area contributed by atoms with Gasteiger partial charge >= 0.3 is 0 Å². The zero-order chi connectivity index (χ0) is 20.9. The van der Waals surface area contributed by atoms with Crippen molar-refractivity contribution in [3.63, 3.8) is 0 Å². The zero-order valence-electron chi connectivity index (χ0n) is 17.4. The second-order valence-electron chi connectivity index (χ2n) is 8.00. The van der Waals surface area contributed by atoms with E-state index < -0.39 is 0 Å². The van der Waals surface area contributed by atoms with Gasteiger partial charge in [-0.1, -0.05) is 60.7 Å². The molecule has 1 aromatic heterocycles. The van der Waals surface area contributed by atoms with Crippen molar-refractivity contribution in [3.05, 3.63) is 96.3 Å². The molecule has 4 aromatic carbocycles. The highest BCUT2D eigenvalue weighted by Gasteiger charge is 2.23. The maximum Gasteiger partial charge on any atom is 0.144 e. The van der Waals surface area contributed by atoms with E-state index in [0.29, 0.717) is 0 Å². The van der Waals surface area contributed by atoms with Crippen LogP contribution in [0.25, 0.3) is 44.4 Å². The summed E-state index contributed by atoms with van der Waals surface area (Å²) in [4.78, 5) is 9.20. The first-order valence-corrected chi connectivity index (χ1v) is 10.4. The lowest BCUT2D eigenvalue weighted by molar-refractivity contribution is 0.488. The van der Waals surface area contributed by atoms with Gasteiger partial charge in [-0.3, -0.25) is 0 Å². The lowest BCUT2D eigenvalue weighted by atomic mass is 9.92. The Morgan fingerprint density at radius 2 is 1.29 bits per heavy atom. The van der Waals surface area contributed by atoms with Gasteiger partial charge in [0.15, 0.2) is 0 Å². The summed E-state index contributed by atoms with van der Waals surface area (Å²) in [6.07, 6.45) is 1.65. The minimum atomic E-state index is 0.847. The lowest BCUT2D eigenvalue weighted by Crippen LogP contribution is -2.00. The van der Waals surface area contributed by atoms with E-state index in [1.807, 2.05) is 12.1 Å². The van der Waals surface area contributed by atoms with Gasteiger partial charge < -0.3 is 4.74 Å². The highest BCUT2D eigenvalue weighted by Crippen LogP contribution is 2.49. The van der Waals surface area contributed by atoms with E-state index in [1.165, 1.54) is 22.1 Å². The molecule has 3 heteroatoms. The van der Waals surface area contributed by atoms with Gasteiger partial charge in [0, 0.05) is 22.1 Å². The van der Waals surface area contributed by atoms with Gasteiger partial charge in [0.05, 0.1) is 11.4 Å². The number of para-hydroxylation sites is 1. The van der Waals surface area contributed by atoms with Crippen molar-refractivity contribution in [1.82, 2.24) is 9.97 Å². The van der Waals surface area contributed by atoms with E-state index in [0.717, 1.165) is 45.0 Å². The van der Waals surface area contributed by atoms with Gasteiger partial charge in [0.1, 0.15) is 17.8 Å². The Balaban J connectivity index is 1.56. The summed E-state index contributed by atoms with van der Waals surface area (Å²) in [5, 5.41) is 2.35. The third-order valence-electron chi connectivity index (χ3n) is 6.06. The minimum Gasteiger partial charge on any atom is -0.455 e. The van der Waals surface area contributed by atoms with Crippen LogP contribution >= 0.6 is 0 Å². The summed E-state index contributed by atoms with van der Waals surface area (Å²) in [6.45, 7) is 4.24. The van der Waals surface area contributed by atoms with Crippen molar-refractivity contribution in [3.8, 4) is 45.1 Å². The second kappa shape index (κ2) is 6.78. The highest BCUT2D eigenvalue weighted by molar-refractivity contribution is 6.05. The van der Waals surface area contributed by atoms with E-state index in [9.17, 15) is 0 Å². The van der Waals surface area contributed by atoms with Crippen LogP contribution in [-0.4, -0.2) is 9.97 Å². The van der Waals surface area contributed by atoms with Crippen LogP contribution in [0.5, 0.6) is 11.5 Å². The van der Waals surface area contributed by atoms with Gasteiger partial charge in [-0.25, -0.2) is 9.97 Å². The molecule has 2 heterocycles. The monoisotopic (exact) mass is 400 g/mol. The standard InChI is InChI=1S/C28H20N2O/c1-17-7-3-8-18(2)26(17)24-15-23(29-16-30-24)22-13-6-12-21-20-11-4-9-19-10-5-14-25(27(19)20)31-28(21)22/h3-16H,1-2H3. The predicted molar refractivity (Wildman–Crippen MR) is 125 cm³/mol. The molecule has 0 unspecified atom stereocenters. The second-order valence-corrected chi connectivity index (χ2v) is 8.00. The molecule has 31 heavy (non-hydrogen) atoms. The predicted octanol–water partition coefficient (Wildman–Crippen LogP) is 7.35. The van der Waals surface area contributed by atoms with E-state index in [-0.39, 0.29) is 0 Å². The van der Waals surface area contributed by atoms with Crippen LogP contribution in [0, 0.1) is 13.8 Å². The molecule has 0 aliphatic carbocycles. The molecule has 0 saturated carbocycles. The third-order valence-corrected chi connectivity index (χ3v) is 6.06. The van der Waals surface area contributed by atoms with Crippen molar-refractivity contribution in [2.75, 3.05) is 0 Å². The molecule has 0 spiro atoms. The number of rotatable bonds is 2. The summed E-state index contributed by atoms with van der Waals surface area (Å²) in [5.74, 6) is 1.73. The number of nitrogens with zero attached hydrogens (tertiary/aromatic N) is 2. The van der Waals surface area contributed by atoms with Gasteiger partial charge in [0.25, 0.3) is 0 Å². The van der Waals surface area contributed by atoms with Crippen LogP contribution in [0.3, 0.4) is 0 Å². The molecule has 1 aliphatic rings. The number of hydrogen-bond donors (Lipinski definition) is 0. The molecule has 0 fully saturated rings. The molecule has 0 atom stereocenters. The van der Waals surface area contributed by atoms with Crippen molar-refractivity contribution < 1.29 is 4.74 Å². The van der Waals surface area contributed by atoms with Crippen LogP contribution in [0.4, 0.5) is 0 Å². The molecule has 0 N–H and O–H groups in total. The molecule has 3 nitrogen and oxygen atoms in total. The minimum absolute atomic E-state index is 0.847. The molecule has 6 rings (SSSR count). The fraction of sp³-hybridized carbons (Fsp3) is 0.0714. The van der Waals surface area contributed by atoms with Crippen molar-refractivity contribution in [2.45, 2.75) is 13.8 Å². The SMILES string of the molecule is Cc1cccc(C)c1-c1cc(-c2cccc3c2Oc2cccc4cccc-3c24)ncn1. The maximum atomic E-state index is 6.47. The van der Waals surface area contributed by atoms with Crippen molar-refractivity contribution in [1.29, 1.82) is 0 Å². The third kappa shape index (κ3) is 2.74. The van der Waals surface area contributed by atoms with Crippen LogP contribution < -0.4 is 4.74 Å². The fourth-order valence-electron chi connectivity index (χ4n) is 4.65. The number of aryl methyl sites for hydroxylation is 2. The molecular weight excluding hydrogens is 380 g/mol. The van der Waals surface area contributed by atoms with Crippen LogP contribution in [0.2, 0.25) is 0 Å². The van der Waals surface area contributed by atoms with Gasteiger partial charge in [0.2, 0.25) is 0 Å². The number of aromatic nitrogens is 2. The average molecular weight is 400 g/mol. The molecule has 1 aliphatic heterocycles. The molecule has 0 bridgehead atoms. The van der Waals surface area contributed by atoms with Gasteiger partial charge in [-0.15, -0.1) is 0 Å². The smallest absolute Gasteiger partial charge is 0.144 e. The summed E-state index contributed by atoms with van der Waals surface area (Å²) in [7, 11) is 0. The highest BCUT2D eigenvalue weighted by atomic mass is 16.5. The topological polar surface area (TPSA) is 35.0 Å². The van der Waals surface area contributed by atoms with E-state index >= 15 is 0 Å². The van der Waals surface area contributed by atoms with E-state index in [4.69, 9.17) is 4.74 Å². The zero-order valence-corrected chi connectivity index (χ0v) is 17.4. The van der Waals surface area contributed by atoms with Gasteiger partial charge in [-0.05, 0) is 54.1 Å². The molecule has 148 valence electrons. The Bertz CT molecular complexity index is 1460.